The van der Waals surface area contributed by atoms with Crippen LogP contribution in [-0.2, 0) is 0 Å². The van der Waals surface area contributed by atoms with Gasteiger partial charge in [-0.3, -0.25) is 0 Å². The Kier molecular flexibility index (Phi) is 4.13. The lowest BCUT2D eigenvalue weighted by Crippen LogP contribution is -2.52. The summed E-state index contributed by atoms with van der Waals surface area (Å²) in [6, 6.07) is 0. The highest BCUT2D eigenvalue weighted by Gasteiger charge is 2.43. The molecule has 4 atom stereocenters. The third-order valence-corrected chi connectivity index (χ3v) is 3.58. The smallest absolute Gasteiger partial charge is 0.0722 e. The molecule has 0 spiro atoms. The van der Waals surface area contributed by atoms with Crippen molar-refractivity contribution in [3.8, 4) is 0 Å². The molecule has 3 nitrogen and oxygen atoms in total. The van der Waals surface area contributed by atoms with E-state index in [-0.39, 0.29) is 11.8 Å². The van der Waals surface area contributed by atoms with Crippen molar-refractivity contribution in [2.24, 2.45) is 11.8 Å². The van der Waals surface area contributed by atoms with Crippen molar-refractivity contribution in [2.75, 3.05) is 0 Å². The summed E-state index contributed by atoms with van der Waals surface area (Å²) in [6.45, 7) is 10.2. The van der Waals surface area contributed by atoms with Crippen LogP contribution < -0.4 is 0 Å². The summed E-state index contributed by atoms with van der Waals surface area (Å²) in [7, 11) is 0. The Morgan fingerprint density at radius 3 is 1.50 bits per heavy atom. The fourth-order valence-electron chi connectivity index (χ4n) is 1.60. The highest BCUT2D eigenvalue weighted by atomic mass is 16.3. The number of hydrogen-bond acceptors (Lipinski definition) is 3. The molecule has 0 saturated carbocycles. The Morgan fingerprint density at radius 1 is 0.929 bits per heavy atom. The minimum absolute atomic E-state index is 0.274. The molecule has 0 aliphatic heterocycles. The van der Waals surface area contributed by atoms with Crippen molar-refractivity contribution in [2.45, 2.75) is 58.8 Å². The molecule has 3 N–H and O–H groups in total. The molecule has 86 valence electrons. The van der Waals surface area contributed by atoms with Gasteiger partial charge in [-0.2, -0.15) is 0 Å². The largest absolute Gasteiger partial charge is 0.393 e. The van der Waals surface area contributed by atoms with E-state index in [0.717, 1.165) is 0 Å². The van der Waals surface area contributed by atoms with Crippen LogP contribution in [0.2, 0.25) is 0 Å². The topological polar surface area (TPSA) is 60.7 Å². The highest BCUT2D eigenvalue weighted by molar-refractivity contribution is 4.93. The zero-order valence-electron chi connectivity index (χ0n) is 10.1. The second-order valence-corrected chi connectivity index (χ2v) is 5.13. The van der Waals surface area contributed by atoms with Crippen LogP contribution in [0.1, 0.15) is 41.5 Å². The Bertz CT molecular complexity index is 179. The van der Waals surface area contributed by atoms with Gasteiger partial charge >= 0.3 is 0 Å². The van der Waals surface area contributed by atoms with Gasteiger partial charge in [-0.1, -0.05) is 13.8 Å². The summed E-state index contributed by atoms with van der Waals surface area (Å²) in [5.74, 6) is -0.580. The first-order valence-corrected chi connectivity index (χ1v) is 5.14. The summed E-state index contributed by atoms with van der Waals surface area (Å²) < 4.78 is 0. The van der Waals surface area contributed by atoms with Crippen LogP contribution >= 0.6 is 0 Å². The summed E-state index contributed by atoms with van der Waals surface area (Å²) in [4.78, 5) is 0. The van der Waals surface area contributed by atoms with Crippen LogP contribution in [0.3, 0.4) is 0 Å². The summed E-state index contributed by atoms with van der Waals surface area (Å²) >= 11 is 0. The van der Waals surface area contributed by atoms with E-state index in [1.54, 1.807) is 41.5 Å². The molecule has 0 amide bonds. The normalized spacial score (nSPS) is 23.8. The fraction of sp³-hybridized carbons (Fsp3) is 1.00. The molecule has 0 fully saturated rings. The van der Waals surface area contributed by atoms with E-state index >= 15 is 0 Å². The minimum atomic E-state index is -1.08. The average Bonchev–Trinajstić information content (AvgIpc) is 1.99. The highest BCUT2D eigenvalue weighted by Crippen LogP contribution is 2.34. The molecular formula is C11H24O3. The fourth-order valence-corrected chi connectivity index (χ4v) is 1.60. The maximum atomic E-state index is 10.2. The van der Waals surface area contributed by atoms with Gasteiger partial charge in [-0.25, -0.2) is 0 Å². The summed E-state index contributed by atoms with van der Waals surface area (Å²) in [5.41, 5.74) is -2.03. The predicted octanol–water partition coefficient (Wildman–Crippen LogP) is 1.16. The van der Waals surface area contributed by atoms with Gasteiger partial charge in [0.05, 0.1) is 17.3 Å². The van der Waals surface area contributed by atoms with Gasteiger partial charge in [0.25, 0.3) is 0 Å². The first kappa shape index (κ1) is 13.9. The number of hydrogen-bond donors (Lipinski definition) is 3. The first-order valence-electron chi connectivity index (χ1n) is 5.14. The maximum Gasteiger partial charge on any atom is 0.0722 e. The van der Waals surface area contributed by atoms with Gasteiger partial charge in [0, 0.05) is 11.8 Å². The van der Waals surface area contributed by atoms with Crippen LogP contribution in [0.25, 0.3) is 0 Å². The second-order valence-electron chi connectivity index (χ2n) is 5.13. The standard InChI is InChI=1S/C11H24O3/c1-7(8(2)12)11(6,14)9(3)10(4,5)13/h7-9,12-14H,1-6H3/t7-,8+,9+,11+/m1/s1. The molecule has 0 aliphatic carbocycles. The lowest BCUT2D eigenvalue weighted by molar-refractivity contribution is -0.138. The SMILES string of the molecule is C[C@H](O)[C@@H](C)[C@](C)(O)[C@@H](C)C(C)(C)O. The third-order valence-electron chi connectivity index (χ3n) is 3.58. The Balaban J connectivity index is 4.77. The molecular weight excluding hydrogens is 180 g/mol. The van der Waals surface area contributed by atoms with Crippen molar-refractivity contribution in [3.05, 3.63) is 0 Å². The lowest BCUT2D eigenvalue weighted by atomic mass is 9.71. The van der Waals surface area contributed by atoms with Crippen molar-refractivity contribution < 1.29 is 15.3 Å². The van der Waals surface area contributed by atoms with E-state index in [1.807, 2.05) is 0 Å². The van der Waals surface area contributed by atoms with Crippen molar-refractivity contribution in [1.29, 1.82) is 0 Å². The molecule has 3 heteroatoms. The number of aliphatic hydroxyl groups is 3. The molecule has 0 aliphatic rings. The summed E-state index contributed by atoms with van der Waals surface area (Å²) in [6.07, 6.45) is -0.588. The van der Waals surface area contributed by atoms with E-state index in [9.17, 15) is 15.3 Å². The Morgan fingerprint density at radius 2 is 1.29 bits per heavy atom. The van der Waals surface area contributed by atoms with Crippen LogP contribution in [0.5, 0.6) is 0 Å². The van der Waals surface area contributed by atoms with Gasteiger partial charge in [0.1, 0.15) is 0 Å². The number of rotatable bonds is 4. The van der Waals surface area contributed by atoms with E-state index in [4.69, 9.17) is 0 Å². The maximum absolute atomic E-state index is 10.2. The Labute approximate surface area is 86.8 Å². The zero-order valence-corrected chi connectivity index (χ0v) is 10.1. The van der Waals surface area contributed by atoms with E-state index in [0.29, 0.717) is 0 Å². The Hall–Kier alpha value is -0.120. The predicted molar refractivity (Wildman–Crippen MR) is 56.9 cm³/mol. The molecule has 0 aromatic rings. The van der Waals surface area contributed by atoms with Crippen LogP contribution in [0.15, 0.2) is 0 Å². The molecule has 14 heavy (non-hydrogen) atoms. The molecule has 0 aromatic carbocycles. The molecule has 0 radical (unpaired) electrons. The first-order chi connectivity index (χ1) is 6.01. The van der Waals surface area contributed by atoms with Gasteiger partial charge in [0.15, 0.2) is 0 Å². The average molecular weight is 204 g/mol. The van der Waals surface area contributed by atoms with Crippen molar-refractivity contribution in [3.63, 3.8) is 0 Å². The lowest BCUT2D eigenvalue weighted by Gasteiger charge is -2.42. The van der Waals surface area contributed by atoms with Crippen molar-refractivity contribution in [1.82, 2.24) is 0 Å². The van der Waals surface area contributed by atoms with Gasteiger partial charge in [-0.15, -0.1) is 0 Å². The summed E-state index contributed by atoms with van der Waals surface area (Å²) in [5, 5.41) is 29.5. The molecule has 0 aromatic heterocycles. The molecule has 0 saturated heterocycles. The number of aliphatic hydroxyl groups excluding tert-OH is 1. The van der Waals surface area contributed by atoms with E-state index in [2.05, 4.69) is 0 Å². The van der Waals surface area contributed by atoms with E-state index < -0.39 is 17.3 Å². The van der Waals surface area contributed by atoms with Gasteiger partial charge < -0.3 is 15.3 Å². The zero-order chi connectivity index (χ0) is 11.7. The van der Waals surface area contributed by atoms with Gasteiger partial charge in [0.2, 0.25) is 0 Å². The van der Waals surface area contributed by atoms with Crippen LogP contribution in [-0.4, -0.2) is 32.6 Å². The van der Waals surface area contributed by atoms with E-state index in [1.165, 1.54) is 0 Å². The van der Waals surface area contributed by atoms with Crippen LogP contribution in [0, 0.1) is 11.8 Å². The molecule has 0 rings (SSSR count). The van der Waals surface area contributed by atoms with Gasteiger partial charge in [-0.05, 0) is 27.7 Å². The molecule has 0 bridgehead atoms. The van der Waals surface area contributed by atoms with Crippen LogP contribution in [0.4, 0.5) is 0 Å². The quantitative estimate of drug-likeness (QED) is 0.644. The molecule has 0 heterocycles. The molecule has 0 unspecified atom stereocenters. The minimum Gasteiger partial charge on any atom is -0.393 e. The third kappa shape index (κ3) is 2.94. The second kappa shape index (κ2) is 4.17. The van der Waals surface area contributed by atoms with Crippen molar-refractivity contribution >= 4 is 0 Å². The monoisotopic (exact) mass is 204 g/mol.